The van der Waals surface area contributed by atoms with Gasteiger partial charge in [-0.3, -0.25) is 19.7 Å². The van der Waals surface area contributed by atoms with E-state index in [2.05, 4.69) is 5.32 Å². The summed E-state index contributed by atoms with van der Waals surface area (Å²) in [5.41, 5.74) is -0.0894. The SMILES string of the molecule is CC(C(=O)O)=C(C)C(=O)N1CC(=O)NC(=O)C1. The van der Waals surface area contributed by atoms with E-state index in [9.17, 15) is 19.2 Å². The normalized spacial score (nSPS) is 17.4. The topological polar surface area (TPSA) is 104 Å². The number of hydrogen-bond donors (Lipinski definition) is 2. The zero-order chi connectivity index (χ0) is 13.2. The lowest BCUT2D eigenvalue weighted by Gasteiger charge is -2.25. The van der Waals surface area contributed by atoms with Crippen LogP contribution in [0.1, 0.15) is 13.8 Å². The molecular formula is C10H12N2O5. The molecule has 0 unspecified atom stereocenters. The number of hydrogen-bond acceptors (Lipinski definition) is 4. The van der Waals surface area contributed by atoms with E-state index < -0.39 is 23.7 Å². The zero-order valence-electron chi connectivity index (χ0n) is 9.44. The summed E-state index contributed by atoms with van der Waals surface area (Å²) in [6.45, 7) is 2.16. The van der Waals surface area contributed by atoms with Crippen molar-refractivity contribution in [1.29, 1.82) is 0 Å². The molecule has 17 heavy (non-hydrogen) atoms. The van der Waals surface area contributed by atoms with Crippen LogP contribution in [0, 0.1) is 0 Å². The first-order chi connectivity index (χ1) is 7.82. The standard InChI is InChI=1S/C10H12N2O5/c1-5(6(2)10(16)17)9(15)12-3-7(13)11-8(14)4-12/h3-4H2,1-2H3,(H,16,17)(H,11,13,14). The van der Waals surface area contributed by atoms with Crippen molar-refractivity contribution in [3.8, 4) is 0 Å². The van der Waals surface area contributed by atoms with Crippen molar-refractivity contribution < 1.29 is 24.3 Å². The molecule has 0 aliphatic carbocycles. The number of carboxylic acid groups (broad SMARTS) is 1. The molecule has 92 valence electrons. The first-order valence-corrected chi connectivity index (χ1v) is 4.85. The van der Waals surface area contributed by atoms with Crippen LogP contribution in [0.2, 0.25) is 0 Å². The van der Waals surface area contributed by atoms with Crippen LogP contribution in [0.5, 0.6) is 0 Å². The quantitative estimate of drug-likeness (QED) is 0.470. The third-order valence-corrected chi connectivity index (χ3v) is 2.44. The predicted octanol–water partition coefficient (Wildman–Crippen LogP) is -1.11. The smallest absolute Gasteiger partial charge is 0.331 e. The fraction of sp³-hybridized carbons (Fsp3) is 0.400. The van der Waals surface area contributed by atoms with Crippen LogP contribution in [-0.4, -0.2) is 46.8 Å². The summed E-state index contributed by atoms with van der Waals surface area (Å²) >= 11 is 0. The molecule has 1 aliphatic rings. The second-order valence-corrected chi connectivity index (χ2v) is 3.69. The van der Waals surface area contributed by atoms with Crippen molar-refractivity contribution in [2.24, 2.45) is 0 Å². The Morgan fingerprint density at radius 3 is 2.00 bits per heavy atom. The fourth-order valence-corrected chi connectivity index (χ4v) is 1.34. The van der Waals surface area contributed by atoms with E-state index in [0.29, 0.717) is 0 Å². The Bertz CT molecular complexity index is 422. The molecule has 0 bridgehead atoms. The van der Waals surface area contributed by atoms with Gasteiger partial charge in [-0.1, -0.05) is 0 Å². The Balaban J connectivity index is 2.90. The van der Waals surface area contributed by atoms with Gasteiger partial charge < -0.3 is 10.0 Å². The molecule has 1 fully saturated rings. The van der Waals surface area contributed by atoms with Gasteiger partial charge in [-0.2, -0.15) is 0 Å². The molecule has 0 aromatic heterocycles. The molecule has 0 spiro atoms. The molecule has 1 rings (SSSR count). The highest BCUT2D eigenvalue weighted by Gasteiger charge is 2.28. The van der Waals surface area contributed by atoms with E-state index in [0.717, 1.165) is 4.90 Å². The molecule has 0 radical (unpaired) electrons. The van der Waals surface area contributed by atoms with Gasteiger partial charge in [0.15, 0.2) is 0 Å². The summed E-state index contributed by atoms with van der Waals surface area (Å²) in [6, 6.07) is 0. The monoisotopic (exact) mass is 240 g/mol. The lowest BCUT2D eigenvalue weighted by molar-refractivity contribution is -0.143. The van der Waals surface area contributed by atoms with E-state index in [4.69, 9.17) is 5.11 Å². The predicted molar refractivity (Wildman–Crippen MR) is 55.7 cm³/mol. The third-order valence-electron chi connectivity index (χ3n) is 2.44. The van der Waals surface area contributed by atoms with Gasteiger partial charge in [-0.15, -0.1) is 0 Å². The second kappa shape index (κ2) is 4.77. The number of amides is 3. The van der Waals surface area contributed by atoms with Gasteiger partial charge in [0.25, 0.3) is 5.91 Å². The van der Waals surface area contributed by atoms with Crippen LogP contribution in [0.25, 0.3) is 0 Å². The lowest BCUT2D eigenvalue weighted by Crippen LogP contribution is -2.53. The van der Waals surface area contributed by atoms with E-state index in [1.165, 1.54) is 13.8 Å². The molecule has 7 nitrogen and oxygen atoms in total. The number of imide groups is 1. The number of aliphatic carboxylic acids is 1. The molecule has 0 saturated carbocycles. The number of nitrogens with one attached hydrogen (secondary N) is 1. The maximum Gasteiger partial charge on any atom is 0.331 e. The molecule has 2 N–H and O–H groups in total. The Morgan fingerprint density at radius 2 is 1.59 bits per heavy atom. The minimum Gasteiger partial charge on any atom is -0.478 e. The Labute approximate surface area is 97.1 Å². The van der Waals surface area contributed by atoms with Gasteiger partial charge in [-0.05, 0) is 13.8 Å². The second-order valence-electron chi connectivity index (χ2n) is 3.69. The van der Waals surface area contributed by atoms with Crippen LogP contribution in [0.15, 0.2) is 11.1 Å². The van der Waals surface area contributed by atoms with Crippen molar-refractivity contribution in [1.82, 2.24) is 10.2 Å². The minimum absolute atomic E-state index is 0.0139. The average Bonchev–Trinajstić information content (AvgIpc) is 2.24. The number of rotatable bonds is 2. The van der Waals surface area contributed by atoms with E-state index in [1.54, 1.807) is 0 Å². The van der Waals surface area contributed by atoms with Crippen LogP contribution >= 0.6 is 0 Å². The number of carbonyl (C=O) groups is 4. The molecule has 1 aliphatic heterocycles. The van der Waals surface area contributed by atoms with Crippen molar-refractivity contribution in [3.05, 3.63) is 11.1 Å². The molecule has 7 heteroatoms. The summed E-state index contributed by atoms with van der Waals surface area (Å²) in [7, 11) is 0. The van der Waals surface area contributed by atoms with Gasteiger partial charge in [0, 0.05) is 11.1 Å². The zero-order valence-corrected chi connectivity index (χ0v) is 9.44. The maximum absolute atomic E-state index is 11.8. The summed E-state index contributed by atoms with van der Waals surface area (Å²) < 4.78 is 0. The summed E-state index contributed by atoms with van der Waals surface area (Å²) in [5, 5.41) is 10.8. The van der Waals surface area contributed by atoms with Crippen LogP contribution in [0.3, 0.4) is 0 Å². The van der Waals surface area contributed by atoms with Crippen LogP contribution in [0.4, 0.5) is 0 Å². The van der Waals surface area contributed by atoms with Crippen molar-refractivity contribution >= 4 is 23.7 Å². The van der Waals surface area contributed by atoms with Gasteiger partial charge in [0.1, 0.15) is 13.1 Å². The first kappa shape index (κ1) is 12.9. The number of carboxylic acids is 1. The molecule has 1 heterocycles. The number of nitrogens with zero attached hydrogens (tertiary/aromatic N) is 1. The van der Waals surface area contributed by atoms with Crippen LogP contribution < -0.4 is 5.32 Å². The summed E-state index contributed by atoms with van der Waals surface area (Å²) in [5.74, 6) is -2.97. The Morgan fingerprint density at radius 1 is 1.12 bits per heavy atom. The molecule has 0 atom stereocenters. The Kier molecular flexibility index (Phi) is 3.62. The highest BCUT2D eigenvalue weighted by molar-refractivity contribution is 6.07. The van der Waals surface area contributed by atoms with Gasteiger partial charge >= 0.3 is 5.97 Å². The Hall–Kier alpha value is -2.18. The van der Waals surface area contributed by atoms with Crippen molar-refractivity contribution in [3.63, 3.8) is 0 Å². The summed E-state index contributed by atoms with van der Waals surface area (Å²) in [4.78, 5) is 45.6. The molecule has 3 amide bonds. The third kappa shape index (κ3) is 2.90. The molecule has 1 saturated heterocycles. The van der Waals surface area contributed by atoms with Gasteiger partial charge in [0.2, 0.25) is 11.8 Å². The average molecular weight is 240 g/mol. The van der Waals surface area contributed by atoms with Crippen LogP contribution in [-0.2, 0) is 19.2 Å². The lowest BCUT2D eigenvalue weighted by atomic mass is 10.1. The van der Waals surface area contributed by atoms with Gasteiger partial charge in [-0.25, -0.2) is 4.79 Å². The number of piperazine rings is 1. The van der Waals surface area contributed by atoms with E-state index in [-0.39, 0.29) is 24.2 Å². The maximum atomic E-state index is 11.8. The largest absolute Gasteiger partial charge is 0.478 e. The van der Waals surface area contributed by atoms with Crippen molar-refractivity contribution in [2.45, 2.75) is 13.8 Å². The van der Waals surface area contributed by atoms with Crippen molar-refractivity contribution in [2.75, 3.05) is 13.1 Å². The van der Waals surface area contributed by atoms with E-state index in [1.807, 2.05) is 0 Å². The fourth-order valence-electron chi connectivity index (χ4n) is 1.34. The van der Waals surface area contributed by atoms with Gasteiger partial charge in [0.05, 0.1) is 0 Å². The highest BCUT2D eigenvalue weighted by atomic mass is 16.4. The first-order valence-electron chi connectivity index (χ1n) is 4.85. The minimum atomic E-state index is -1.20. The highest BCUT2D eigenvalue weighted by Crippen LogP contribution is 2.09. The summed E-state index contributed by atoms with van der Waals surface area (Å²) in [6.07, 6.45) is 0. The molecular weight excluding hydrogens is 228 g/mol. The molecule has 0 aromatic rings. The molecule has 0 aromatic carbocycles. The number of carbonyl (C=O) groups excluding carboxylic acids is 3. The van der Waals surface area contributed by atoms with E-state index >= 15 is 0 Å².